The van der Waals surface area contributed by atoms with E-state index in [0.29, 0.717) is 5.56 Å². The highest BCUT2D eigenvalue weighted by Gasteiger charge is 2.18. The van der Waals surface area contributed by atoms with Crippen LogP contribution in [0.15, 0.2) is 71.8 Å². The lowest BCUT2D eigenvalue weighted by Gasteiger charge is -2.31. The Morgan fingerprint density at radius 2 is 1.94 bits per heavy atom. The topological polar surface area (TPSA) is 66.0 Å². The van der Waals surface area contributed by atoms with Crippen molar-refractivity contribution in [2.45, 2.75) is 19.4 Å². The van der Waals surface area contributed by atoms with Gasteiger partial charge in [-0.1, -0.05) is 30.3 Å². The maximum Gasteiger partial charge on any atom is 0.273 e. The molecule has 0 aromatic heterocycles. The van der Waals surface area contributed by atoms with Crippen molar-refractivity contribution < 1.29 is 9.53 Å². The number of carbonyl (C=O) groups excluding carboxylic acids is 1. The van der Waals surface area contributed by atoms with E-state index in [1.807, 2.05) is 30.3 Å². The molecule has 4 rings (SSSR count). The second-order valence-electron chi connectivity index (χ2n) is 7.72. The van der Waals surface area contributed by atoms with Crippen molar-refractivity contribution in [2.24, 2.45) is 5.10 Å². The number of fused-ring (bicyclic) bond motifs is 1. The largest absolute Gasteiger partial charge is 0.496 e. The number of hydrogen-bond acceptors (Lipinski definition) is 5. The first kappa shape index (κ1) is 21.4. The third-order valence-corrected chi connectivity index (χ3v) is 5.69. The fraction of sp³-hybridized carbons (Fsp3) is 0.231. The summed E-state index contributed by atoms with van der Waals surface area (Å²) < 4.78 is 5.61. The Morgan fingerprint density at radius 1 is 1.12 bits per heavy atom. The first-order valence-electron chi connectivity index (χ1n) is 10.8. The molecule has 0 aliphatic carbocycles. The Balaban J connectivity index is 1.49. The minimum absolute atomic E-state index is 0.259. The molecule has 0 saturated heterocycles. The van der Waals surface area contributed by atoms with E-state index in [-0.39, 0.29) is 5.91 Å². The predicted octanol–water partition coefficient (Wildman–Crippen LogP) is 4.45. The summed E-state index contributed by atoms with van der Waals surface area (Å²) in [4.78, 5) is 14.9. The van der Waals surface area contributed by atoms with Crippen LogP contribution in [0.2, 0.25) is 0 Å². The number of hydrogen-bond donors (Lipinski definition) is 2. The molecule has 2 N–H and O–H groups in total. The molecule has 0 fully saturated rings. The van der Waals surface area contributed by atoms with Crippen molar-refractivity contribution in [3.63, 3.8) is 0 Å². The molecule has 0 radical (unpaired) electrons. The van der Waals surface area contributed by atoms with Crippen molar-refractivity contribution in [3.8, 4) is 5.75 Å². The number of amides is 1. The molecule has 3 aromatic carbocycles. The number of aryl methyl sites for hydroxylation is 1. The molecule has 0 atom stereocenters. The minimum atomic E-state index is -0.259. The van der Waals surface area contributed by atoms with Crippen molar-refractivity contribution in [3.05, 3.63) is 89.0 Å². The second-order valence-corrected chi connectivity index (χ2v) is 7.72. The standard InChI is InChI=1S/C26H28N4O2/c1-27-23-11-5-4-10-22(23)26(31)29-28-17-19-13-14-25(32-2)21(16-19)18-30-15-7-9-20-8-3-6-12-24(20)30/h3-6,8,10-14,16-17,27H,7,9,15,18H2,1-2H3,(H,29,31). The van der Waals surface area contributed by atoms with E-state index in [1.165, 1.54) is 11.3 Å². The summed E-state index contributed by atoms with van der Waals surface area (Å²) in [6.07, 6.45) is 3.92. The highest BCUT2D eigenvalue weighted by molar-refractivity contribution is 5.99. The van der Waals surface area contributed by atoms with Crippen molar-refractivity contribution >= 4 is 23.5 Å². The maximum atomic E-state index is 12.5. The van der Waals surface area contributed by atoms with Gasteiger partial charge in [-0.3, -0.25) is 4.79 Å². The average molecular weight is 429 g/mol. The zero-order valence-electron chi connectivity index (χ0n) is 18.5. The first-order chi connectivity index (χ1) is 15.7. The molecule has 0 bridgehead atoms. The molecular formula is C26H28N4O2. The smallest absolute Gasteiger partial charge is 0.273 e. The van der Waals surface area contributed by atoms with Gasteiger partial charge in [0.2, 0.25) is 0 Å². The molecule has 0 saturated carbocycles. The Morgan fingerprint density at radius 3 is 2.78 bits per heavy atom. The number of carbonyl (C=O) groups is 1. The van der Waals surface area contributed by atoms with E-state index < -0.39 is 0 Å². The monoisotopic (exact) mass is 428 g/mol. The van der Waals surface area contributed by atoms with E-state index in [1.54, 1.807) is 26.4 Å². The second kappa shape index (κ2) is 10.0. The van der Waals surface area contributed by atoms with Gasteiger partial charge in [-0.05, 0) is 60.4 Å². The van der Waals surface area contributed by atoms with Crippen LogP contribution in [-0.4, -0.2) is 32.8 Å². The van der Waals surface area contributed by atoms with Crippen molar-refractivity contribution in [1.29, 1.82) is 0 Å². The van der Waals surface area contributed by atoms with E-state index >= 15 is 0 Å². The molecule has 1 amide bonds. The van der Waals surface area contributed by atoms with Gasteiger partial charge in [-0.2, -0.15) is 5.10 Å². The van der Waals surface area contributed by atoms with Crippen LogP contribution < -0.4 is 20.4 Å². The minimum Gasteiger partial charge on any atom is -0.496 e. The summed E-state index contributed by atoms with van der Waals surface area (Å²) in [5, 5.41) is 7.19. The number of hydrazone groups is 1. The molecule has 0 spiro atoms. The van der Waals surface area contributed by atoms with Gasteiger partial charge in [0.25, 0.3) is 5.91 Å². The van der Waals surface area contributed by atoms with Crippen LogP contribution in [0, 0.1) is 0 Å². The van der Waals surface area contributed by atoms with Crippen LogP contribution in [0.25, 0.3) is 0 Å². The van der Waals surface area contributed by atoms with Crippen molar-refractivity contribution in [2.75, 3.05) is 30.9 Å². The summed E-state index contributed by atoms with van der Waals surface area (Å²) in [5.74, 6) is 0.585. The van der Waals surface area contributed by atoms with Gasteiger partial charge in [0, 0.05) is 37.1 Å². The number of ether oxygens (including phenoxy) is 1. The summed E-state index contributed by atoms with van der Waals surface area (Å²) in [6, 6.07) is 21.9. The molecule has 1 heterocycles. The zero-order chi connectivity index (χ0) is 22.3. The number of methoxy groups -OCH3 is 1. The summed E-state index contributed by atoms with van der Waals surface area (Å²) in [5.41, 5.74) is 8.58. The highest BCUT2D eigenvalue weighted by atomic mass is 16.5. The highest BCUT2D eigenvalue weighted by Crippen LogP contribution is 2.30. The van der Waals surface area contributed by atoms with Crippen LogP contribution in [0.3, 0.4) is 0 Å². The van der Waals surface area contributed by atoms with E-state index in [0.717, 1.165) is 48.5 Å². The molecule has 6 nitrogen and oxygen atoms in total. The van der Waals surface area contributed by atoms with E-state index in [4.69, 9.17) is 4.74 Å². The van der Waals surface area contributed by atoms with Gasteiger partial charge < -0.3 is 15.0 Å². The Kier molecular flexibility index (Phi) is 6.70. The van der Waals surface area contributed by atoms with E-state index in [9.17, 15) is 4.79 Å². The Labute approximate surface area is 188 Å². The van der Waals surface area contributed by atoms with Crippen molar-refractivity contribution in [1.82, 2.24) is 5.43 Å². The third kappa shape index (κ3) is 4.75. The summed E-state index contributed by atoms with van der Waals surface area (Å²) >= 11 is 0. The van der Waals surface area contributed by atoms with Crippen LogP contribution in [0.1, 0.15) is 33.5 Å². The molecule has 1 aliphatic heterocycles. The number of para-hydroxylation sites is 2. The molecule has 6 heteroatoms. The van der Waals surface area contributed by atoms with Gasteiger partial charge in [0.05, 0.1) is 18.9 Å². The lowest BCUT2D eigenvalue weighted by Crippen LogP contribution is -2.29. The molecule has 0 unspecified atom stereocenters. The molecule has 1 aliphatic rings. The molecule has 3 aromatic rings. The fourth-order valence-corrected chi connectivity index (χ4v) is 4.11. The molecule has 32 heavy (non-hydrogen) atoms. The van der Waals surface area contributed by atoms with Crippen LogP contribution >= 0.6 is 0 Å². The van der Waals surface area contributed by atoms with Crippen LogP contribution in [0.4, 0.5) is 11.4 Å². The van der Waals surface area contributed by atoms with Crippen LogP contribution in [0.5, 0.6) is 5.75 Å². The predicted molar refractivity (Wildman–Crippen MR) is 130 cm³/mol. The van der Waals surface area contributed by atoms with E-state index in [2.05, 4.69) is 51.1 Å². The Hall–Kier alpha value is -3.80. The first-order valence-corrected chi connectivity index (χ1v) is 10.8. The summed E-state index contributed by atoms with van der Waals surface area (Å²) in [6.45, 7) is 1.77. The SMILES string of the molecule is CNc1ccccc1C(=O)NN=Cc1ccc(OC)c(CN2CCCc3ccccc32)c1. The number of benzene rings is 3. The third-order valence-electron chi connectivity index (χ3n) is 5.69. The fourth-order valence-electron chi connectivity index (χ4n) is 4.11. The lowest BCUT2D eigenvalue weighted by molar-refractivity contribution is 0.0956. The van der Waals surface area contributed by atoms with Gasteiger partial charge in [0.15, 0.2) is 0 Å². The quantitative estimate of drug-likeness (QED) is 0.431. The molecular weight excluding hydrogens is 400 g/mol. The number of rotatable bonds is 7. The normalized spacial score (nSPS) is 13.0. The Bertz CT molecular complexity index is 1130. The summed E-state index contributed by atoms with van der Waals surface area (Å²) in [7, 11) is 3.48. The maximum absolute atomic E-state index is 12.5. The van der Waals surface area contributed by atoms with Gasteiger partial charge in [0.1, 0.15) is 5.75 Å². The zero-order valence-corrected chi connectivity index (χ0v) is 18.5. The number of nitrogens with zero attached hydrogens (tertiary/aromatic N) is 2. The van der Waals surface area contributed by atoms with Gasteiger partial charge in [-0.25, -0.2) is 5.43 Å². The number of anilines is 2. The number of nitrogens with one attached hydrogen (secondary N) is 2. The average Bonchev–Trinajstić information content (AvgIpc) is 2.84. The van der Waals surface area contributed by atoms with Gasteiger partial charge >= 0.3 is 0 Å². The van der Waals surface area contributed by atoms with Crippen LogP contribution in [-0.2, 0) is 13.0 Å². The molecule has 164 valence electrons. The lowest BCUT2D eigenvalue weighted by atomic mass is 10.0. The van der Waals surface area contributed by atoms with Gasteiger partial charge in [-0.15, -0.1) is 0 Å².